The maximum atomic E-state index is 8.88. The maximum Gasteiger partial charge on any atom is 0.0474 e. The van der Waals surface area contributed by atoms with E-state index in [1.165, 1.54) is 31.0 Å². The van der Waals surface area contributed by atoms with Gasteiger partial charge in [-0.2, -0.15) is 11.8 Å². The normalized spacial score (nSPS) is 39.0. The van der Waals surface area contributed by atoms with Crippen molar-refractivity contribution in [1.29, 1.82) is 0 Å². The van der Waals surface area contributed by atoms with Crippen LogP contribution in [0.2, 0.25) is 0 Å². The van der Waals surface area contributed by atoms with Crippen molar-refractivity contribution in [2.75, 3.05) is 31.2 Å². The Kier molecular flexibility index (Phi) is 2.39. The number of aliphatic hydroxyl groups is 1. The first-order valence-electron chi connectivity index (χ1n) is 4.34. The van der Waals surface area contributed by atoms with Crippen LogP contribution >= 0.6 is 11.8 Å². The van der Waals surface area contributed by atoms with Gasteiger partial charge in [-0.05, 0) is 12.3 Å². The molecule has 1 saturated carbocycles. The second-order valence-electron chi connectivity index (χ2n) is 3.39. The van der Waals surface area contributed by atoms with Gasteiger partial charge in [-0.25, -0.2) is 0 Å². The van der Waals surface area contributed by atoms with Crippen molar-refractivity contribution < 1.29 is 5.11 Å². The highest BCUT2D eigenvalue weighted by Gasteiger charge is 2.41. The molecule has 2 rings (SSSR count). The average Bonchev–Trinajstić information content (AvgIpc) is 2.85. The average molecular weight is 173 g/mol. The summed E-state index contributed by atoms with van der Waals surface area (Å²) in [5.41, 5.74) is 0. The third kappa shape index (κ3) is 1.71. The Hall–Kier alpha value is 0.270. The van der Waals surface area contributed by atoms with Crippen molar-refractivity contribution in [2.24, 2.45) is 5.92 Å². The first-order chi connectivity index (χ1) is 5.42. The first-order valence-corrected chi connectivity index (χ1v) is 5.50. The summed E-state index contributed by atoms with van der Waals surface area (Å²) in [7, 11) is 0. The van der Waals surface area contributed by atoms with E-state index in [1.54, 1.807) is 0 Å². The van der Waals surface area contributed by atoms with Crippen LogP contribution in [0.25, 0.3) is 0 Å². The minimum atomic E-state index is 0.397. The molecule has 1 aliphatic carbocycles. The molecule has 0 radical (unpaired) electrons. The summed E-state index contributed by atoms with van der Waals surface area (Å²) in [6.45, 7) is 2.88. The molecule has 1 N–H and O–H groups in total. The minimum absolute atomic E-state index is 0.397. The van der Waals surface area contributed by atoms with Crippen molar-refractivity contribution in [3.63, 3.8) is 0 Å². The highest BCUT2D eigenvalue weighted by molar-refractivity contribution is 7.99. The fourth-order valence-electron chi connectivity index (χ4n) is 1.78. The van der Waals surface area contributed by atoms with Crippen molar-refractivity contribution >= 4 is 11.8 Å². The lowest BCUT2D eigenvalue weighted by Gasteiger charge is -2.26. The molecule has 2 aliphatic rings. The van der Waals surface area contributed by atoms with Crippen LogP contribution in [0, 0.1) is 5.92 Å². The third-order valence-corrected chi connectivity index (χ3v) is 3.58. The van der Waals surface area contributed by atoms with Crippen LogP contribution in [-0.4, -0.2) is 47.3 Å². The summed E-state index contributed by atoms with van der Waals surface area (Å²) in [4.78, 5) is 2.54. The number of aliphatic hydroxyl groups excluding tert-OH is 1. The van der Waals surface area contributed by atoms with Crippen LogP contribution in [-0.2, 0) is 0 Å². The van der Waals surface area contributed by atoms with E-state index in [-0.39, 0.29) is 0 Å². The number of hydrogen-bond donors (Lipinski definition) is 1. The predicted molar refractivity (Wildman–Crippen MR) is 47.9 cm³/mol. The van der Waals surface area contributed by atoms with Gasteiger partial charge in [0.1, 0.15) is 0 Å². The highest BCUT2D eigenvalue weighted by atomic mass is 32.2. The van der Waals surface area contributed by atoms with Gasteiger partial charge in [0.05, 0.1) is 0 Å². The summed E-state index contributed by atoms with van der Waals surface area (Å²) in [6, 6.07) is 0.737. The van der Waals surface area contributed by atoms with Crippen LogP contribution < -0.4 is 0 Å². The van der Waals surface area contributed by atoms with Crippen LogP contribution in [0.5, 0.6) is 0 Å². The van der Waals surface area contributed by atoms with E-state index in [1.807, 2.05) is 11.8 Å². The van der Waals surface area contributed by atoms with Gasteiger partial charge in [-0.1, -0.05) is 0 Å². The summed E-state index contributed by atoms with van der Waals surface area (Å²) < 4.78 is 0. The molecule has 2 atom stereocenters. The summed E-state index contributed by atoms with van der Waals surface area (Å²) in [6.07, 6.45) is 1.24. The molecule has 64 valence electrons. The lowest BCUT2D eigenvalue weighted by atomic mass is 10.4. The summed E-state index contributed by atoms with van der Waals surface area (Å²) in [5.74, 6) is 3.18. The zero-order valence-corrected chi connectivity index (χ0v) is 7.52. The van der Waals surface area contributed by atoms with Gasteiger partial charge < -0.3 is 5.11 Å². The fourth-order valence-corrected chi connectivity index (χ4v) is 2.72. The quantitative estimate of drug-likeness (QED) is 0.654. The molecule has 11 heavy (non-hydrogen) atoms. The monoisotopic (exact) mass is 173 g/mol. The Balaban J connectivity index is 1.77. The Labute approximate surface area is 72.0 Å². The van der Waals surface area contributed by atoms with Crippen LogP contribution in [0.3, 0.4) is 0 Å². The Morgan fingerprint density at radius 2 is 2.09 bits per heavy atom. The van der Waals surface area contributed by atoms with Gasteiger partial charge >= 0.3 is 0 Å². The maximum absolute atomic E-state index is 8.88. The van der Waals surface area contributed by atoms with E-state index in [9.17, 15) is 0 Å². The van der Waals surface area contributed by atoms with Gasteiger partial charge in [0.25, 0.3) is 0 Å². The zero-order chi connectivity index (χ0) is 7.68. The molecule has 1 aliphatic heterocycles. The smallest absolute Gasteiger partial charge is 0.0474 e. The topological polar surface area (TPSA) is 23.5 Å². The van der Waals surface area contributed by atoms with E-state index in [2.05, 4.69) is 4.90 Å². The Morgan fingerprint density at radius 3 is 2.64 bits per heavy atom. The molecular weight excluding hydrogens is 158 g/mol. The van der Waals surface area contributed by atoms with Crippen molar-refractivity contribution in [1.82, 2.24) is 4.90 Å². The van der Waals surface area contributed by atoms with E-state index in [0.717, 1.165) is 6.04 Å². The molecular formula is C8H15NOS. The van der Waals surface area contributed by atoms with Crippen molar-refractivity contribution in [3.05, 3.63) is 0 Å². The van der Waals surface area contributed by atoms with Crippen LogP contribution in [0.15, 0.2) is 0 Å². The summed E-state index contributed by atoms with van der Waals surface area (Å²) in [5, 5.41) is 8.88. The van der Waals surface area contributed by atoms with Crippen LogP contribution in [0.4, 0.5) is 0 Å². The van der Waals surface area contributed by atoms with E-state index < -0.39 is 0 Å². The van der Waals surface area contributed by atoms with Crippen LogP contribution in [0.1, 0.15) is 6.42 Å². The fraction of sp³-hybridized carbons (Fsp3) is 1.00. The Morgan fingerprint density at radius 1 is 1.36 bits per heavy atom. The molecule has 2 unspecified atom stereocenters. The van der Waals surface area contributed by atoms with Gasteiger partial charge in [0.2, 0.25) is 0 Å². The molecule has 0 aromatic carbocycles. The van der Waals surface area contributed by atoms with Crippen molar-refractivity contribution in [3.8, 4) is 0 Å². The summed E-state index contributed by atoms with van der Waals surface area (Å²) >= 11 is 2.05. The minimum Gasteiger partial charge on any atom is -0.396 e. The second kappa shape index (κ2) is 3.33. The van der Waals surface area contributed by atoms with E-state index in [4.69, 9.17) is 5.11 Å². The van der Waals surface area contributed by atoms with Gasteiger partial charge in [-0.3, -0.25) is 4.90 Å². The molecule has 0 bridgehead atoms. The largest absolute Gasteiger partial charge is 0.396 e. The molecule has 1 heterocycles. The zero-order valence-electron chi connectivity index (χ0n) is 6.70. The van der Waals surface area contributed by atoms with Gasteiger partial charge in [0.15, 0.2) is 0 Å². The second-order valence-corrected chi connectivity index (χ2v) is 4.62. The third-order valence-electron chi connectivity index (χ3n) is 2.63. The predicted octanol–water partition coefficient (Wildman–Crippen LogP) is 0.416. The number of rotatable bonds is 2. The highest BCUT2D eigenvalue weighted by Crippen LogP contribution is 2.36. The number of thioether (sulfide) groups is 1. The lowest BCUT2D eigenvalue weighted by molar-refractivity contribution is 0.228. The Bertz CT molecular complexity index is 136. The number of nitrogens with zero attached hydrogens (tertiary/aromatic N) is 1. The molecule has 0 aromatic rings. The van der Waals surface area contributed by atoms with Gasteiger partial charge in [0, 0.05) is 37.2 Å². The molecule has 0 amide bonds. The van der Waals surface area contributed by atoms with Crippen molar-refractivity contribution in [2.45, 2.75) is 12.5 Å². The SMILES string of the molecule is OCC1CC1N1CCSCC1. The molecule has 0 spiro atoms. The first kappa shape index (κ1) is 7.90. The van der Waals surface area contributed by atoms with E-state index in [0.29, 0.717) is 12.5 Å². The molecule has 2 nitrogen and oxygen atoms in total. The molecule has 3 heteroatoms. The standard InChI is InChI=1S/C8H15NOS/c10-6-7-5-8(7)9-1-3-11-4-2-9/h7-8,10H,1-6H2. The molecule has 1 saturated heterocycles. The number of hydrogen-bond acceptors (Lipinski definition) is 3. The molecule has 0 aromatic heterocycles. The van der Waals surface area contributed by atoms with E-state index >= 15 is 0 Å². The lowest BCUT2D eigenvalue weighted by Crippen LogP contribution is -2.35. The molecule has 2 fully saturated rings. The van der Waals surface area contributed by atoms with Gasteiger partial charge in [-0.15, -0.1) is 0 Å².